The van der Waals surface area contributed by atoms with Crippen molar-refractivity contribution in [1.29, 1.82) is 0 Å². The first-order chi connectivity index (χ1) is 8.39. The van der Waals surface area contributed by atoms with E-state index in [0.717, 1.165) is 19.6 Å². The van der Waals surface area contributed by atoms with Gasteiger partial charge in [-0.15, -0.1) is 0 Å². The zero-order chi connectivity index (χ0) is 13.3. The molecule has 0 spiro atoms. The molecule has 1 aliphatic carbocycles. The predicted molar refractivity (Wildman–Crippen MR) is 71.3 cm³/mol. The van der Waals surface area contributed by atoms with Crippen LogP contribution in [0, 0.1) is 11.3 Å². The predicted octanol–water partition coefficient (Wildman–Crippen LogP) is 1.30. The molecule has 0 bridgehead atoms. The first kappa shape index (κ1) is 13.8. The second-order valence-corrected chi connectivity index (χ2v) is 6.70. The van der Waals surface area contributed by atoms with Crippen LogP contribution in [0.15, 0.2) is 0 Å². The smallest absolute Gasteiger partial charge is 0.221 e. The Hall–Kier alpha value is -0.610. The van der Waals surface area contributed by atoms with E-state index < -0.39 is 0 Å². The fourth-order valence-corrected chi connectivity index (χ4v) is 2.77. The van der Waals surface area contributed by atoms with Gasteiger partial charge in [0.15, 0.2) is 0 Å². The highest BCUT2D eigenvalue weighted by Gasteiger charge is 2.49. The van der Waals surface area contributed by atoms with E-state index in [2.05, 4.69) is 38.3 Å². The Morgan fingerprint density at radius 1 is 1.50 bits per heavy atom. The molecule has 2 fully saturated rings. The van der Waals surface area contributed by atoms with Crippen LogP contribution in [0.1, 0.15) is 40.5 Å². The second kappa shape index (κ2) is 5.17. The Bertz CT molecular complexity index is 315. The van der Waals surface area contributed by atoms with Crippen molar-refractivity contribution < 1.29 is 9.53 Å². The molecule has 2 aliphatic rings. The number of hydrogen-bond acceptors (Lipinski definition) is 3. The van der Waals surface area contributed by atoms with Crippen LogP contribution in [0.4, 0.5) is 0 Å². The Labute approximate surface area is 110 Å². The fraction of sp³-hybridized carbons (Fsp3) is 0.929. The van der Waals surface area contributed by atoms with Crippen molar-refractivity contribution >= 4 is 5.91 Å². The number of ether oxygens (including phenoxy) is 1. The van der Waals surface area contributed by atoms with Crippen LogP contribution >= 0.6 is 0 Å². The van der Waals surface area contributed by atoms with Crippen molar-refractivity contribution in [3.8, 4) is 0 Å². The quantitative estimate of drug-likeness (QED) is 0.777. The molecule has 18 heavy (non-hydrogen) atoms. The van der Waals surface area contributed by atoms with Gasteiger partial charge in [0.25, 0.3) is 0 Å². The summed E-state index contributed by atoms with van der Waals surface area (Å²) in [5, 5.41) is 6.46. The topological polar surface area (TPSA) is 50.4 Å². The minimum atomic E-state index is 0.164. The summed E-state index contributed by atoms with van der Waals surface area (Å²) in [7, 11) is 0. The van der Waals surface area contributed by atoms with Gasteiger partial charge >= 0.3 is 0 Å². The first-order valence-electron chi connectivity index (χ1n) is 7.04. The molecule has 0 aromatic rings. The van der Waals surface area contributed by atoms with Crippen LogP contribution in [0.2, 0.25) is 0 Å². The average molecular weight is 254 g/mol. The van der Waals surface area contributed by atoms with Gasteiger partial charge in [0, 0.05) is 37.1 Å². The minimum absolute atomic E-state index is 0.164. The van der Waals surface area contributed by atoms with Gasteiger partial charge in [0.05, 0.1) is 6.10 Å². The van der Waals surface area contributed by atoms with Crippen LogP contribution < -0.4 is 10.6 Å². The summed E-state index contributed by atoms with van der Waals surface area (Å²) in [6, 6.07) is 0.764. The molecule has 104 valence electrons. The number of nitrogens with one attached hydrogen (secondary N) is 2. The van der Waals surface area contributed by atoms with Gasteiger partial charge in [-0.05, 0) is 12.3 Å². The molecule has 3 unspecified atom stereocenters. The number of carbonyl (C=O) groups excluding carboxylic acids is 1. The van der Waals surface area contributed by atoms with Crippen molar-refractivity contribution in [2.75, 3.05) is 13.2 Å². The maximum atomic E-state index is 11.2. The monoisotopic (exact) mass is 254 g/mol. The largest absolute Gasteiger partial charge is 0.377 e. The summed E-state index contributed by atoms with van der Waals surface area (Å²) >= 11 is 0. The van der Waals surface area contributed by atoms with Crippen molar-refractivity contribution in [1.82, 2.24) is 10.6 Å². The minimum Gasteiger partial charge on any atom is -0.377 e. The van der Waals surface area contributed by atoms with E-state index in [1.807, 2.05) is 0 Å². The molecule has 1 saturated carbocycles. The highest BCUT2D eigenvalue weighted by molar-refractivity contribution is 5.78. The van der Waals surface area contributed by atoms with Crippen molar-refractivity contribution in [3.63, 3.8) is 0 Å². The third-order valence-corrected chi connectivity index (χ3v) is 4.22. The lowest BCUT2D eigenvalue weighted by atomic mass is 9.64. The summed E-state index contributed by atoms with van der Waals surface area (Å²) < 4.78 is 5.95. The first-order valence-corrected chi connectivity index (χ1v) is 7.04. The van der Waals surface area contributed by atoms with E-state index in [1.54, 1.807) is 0 Å². The molecule has 1 saturated heterocycles. The lowest BCUT2D eigenvalue weighted by Crippen LogP contribution is -2.63. The van der Waals surface area contributed by atoms with E-state index in [9.17, 15) is 4.79 Å². The molecule has 1 aliphatic heterocycles. The third-order valence-electron chi connectivity index (χ3n) is 4.22. The molecule has 0 aromatic heterocycles. The van der Waals surface area contributed by atoms with Crippen LogP contribution in [0.5, 0.6) is 0 Å². The van der Waals surface area contributed by atoms with E-state index in [1.165, 1.54) is 0 Å². The summed E-state index contributed by atoms with van der Waals surface area (Å²) in [6.07, 6.45) is 2.02. The van der Waals surface area contributed by atoms with Crippen molar-refractivity contribution in [2.45, 2.75) is 58.7 Å². The van der Waals surface area contributed by atoms with Crippen LogP contribution in [0.25, 0.3) is 0 Å². The molecular weight excluding hydrogens is 228 g/mol. The van der Waals surface area contributed by atoms with Crippen LogP contribution in [0.3, 0.4) is 0 Å². The number of rotatable bonds is 5. The van der Waals surface area contributed by atoms with Gasteiger partial charge in [0.1, 0.15) is 0 Å². The molecule has 0 aromatic carbocycles. The summed E-state index contributed by atoms with van der Waals surface area (Å²) in [6.45, 7) is 10.5. The molecular formula is C14H26N2O2. The van der Waals surface area contributed by atoms with E-state index in [0.29, 0.717) is 30.5 Å². The lowest BCUT2D eigenvalue weighted by Gasteiger charge is -2.53. The van der Waals surface area contributed by atoms with Crippen LogP contribution in [-0.4, -0.2) is 37.2 Å². The van der Waals surface area contributed by atoms with Gasteiger partial charge in [-0.2, -0.15) is 0 Å². The van der Waals surface area contributed by atoms with Gasteiger partial charge in [-0.25, -0.2) is 0 Å². The molecule has 2 rings (SSSR count). The molecule has 4 heteroatoms. The molecule has 3 atom stereocenters. The zero-order valence-electron chi connectivity index (χ0n) is 12.0. The Kier molecular flexibility index (Phi) is 3.97. The maximum absolute atomic E-state index is 11.2. The fourth-order valence-electron chi connectivity index (χ4n) is 2.77. The number of carbonyl (C=O) groups is 1. The maximum Gasteiger partial charge on any atom is 0.221 e. The van der Waals surface area contributed by atoms with Gasteiger partial charge in [0.2, 0.25) is 5.91 Å². The Morgan fingerprint density at radius 2 is 2.22 bits per heavy atom. The van der Waals surface area contributed by atoms with E-state index in [-0.39, 0.29) is 11.3 Å². The SMILES string of the molecule is CC(C)COC1CC(NC2CNC(=O)C2)C1(C)C. The van der Waals surface area contributed by atoms with Crippen LogP contribution in [-0.2, 0) is 9.53 Å². The summed E-state index contributed by atoms with van der Waals surface area (Å²) in [5.41, 5.74) is 0.167. The van der Waals surface area contributed by atoms with Crippen molar-refractivity contribution in [2.24, 2.45) is 11.3 Å². The molecule has 1 amide bonds. The van der Waals surface area contributed by atoms with E-state index >= 15 is 0 Å². The lowest BCUT2D eigenvalue weighted by molar-refractivity contribution is -0.126. The zero-order valence-corrected chi connectivity index (χ0v) is 12.0. The molecule has 0 radical (unpaired) electrons. The molecule has 1 heterocycles. The molecule has 2 N–H and O–H groups in total. The Morgan fingerprint density at radius 3 is 2.72 bits per heavy atom. The van der Waals surface area contributed by atoms with Gasteiger partial charge in [-0.1, -0.05) is 27.7 Å². The highest BCUT2D eigenvalue weighted by Crippen LogP contribution is 2.43. The normalized spacial score (nSPS) is 34.5. The summed E-state index contributed by atoms with van der Waals surface area (Å²) in [4.78, 5) is 11.2. The standard InChI is InChI=1S/C14H26N2O2/c1-9(2)8-18-12-6-11(14(12,3)4)16-10-5-13(17)15-7-10/h9-12,16H,5-8H2,1-4H3,(H,15,17). The average Bonchev–Trinajstić information content (AvgIpc) is 2.68. The summed E-state index contributed by atoms with van der Waals surface area (Å²) in [5.74, 6) is 0.752. The Balaban J connectivity index is 1.77. The van der Waals surface area contributed by atoms with Crippen molar-refractivity contribution in [3.05, 3.63) is 0 Å². The third kappa shape index (κ3) is 2.86. The molecule has 4 nitrogen and oxygen atoms in total. The highest BCUT2D eigenvalue weighted by atomic mass is 16.5. The van der Waals surface area contributed by atoms with E-state index in [4.69, 9.17) is 4.74 Å². The van der Waals surface area contributed by atoms with Gasteiger partial charge in [-0.3, -0.25) is 4.79 Å². The second-order valence-electron chi connectivity index (χ2n) is 6.70. The number of amides is 1. The van der Waals surface area contributed by atoms with Gasteiger partial charge < -0.3 is 15.4 Å². The number of hydrogen-bond donors (Lipinski definition) is 2.